The molecule has 0 N–H and O–H groups in total. The van der Waals surface area contributed by atoms with Crippen LogP contribution in [0.4, 0.5) is 0 Å². The predicted molar refractivity (Wildman–Crippen MR) is 61.1 cm³/mol. The molecular formula is C13H12O4. The number of benzene rings is 1. The molecule has 0 heterocycles. The lowest BCUT2D eigenvalue weighted by Crippen LogP contribution is -2.07. The molecule has 0 radical (unpaired) electrons. The van der Waals surface area contributed by atoms with E-state index in [1.165, 1.54) is 13.8 Å². The Labute approximate surface area is 99.5 Å². The van der Waals surface area contributed by atoms with Gasteiger partial charge in [0.1, 0.15) is 5.75 Å². The molecule has 88 valence electrons. The van der Waals surface area contributed by atoms with Gasteiger partial charge in [0.25, 0.3) is 0 Å². The average molecular weight is 232 g/mol. The Morgan fingerprint density at radius 3 is 2.53 bits per heavy atom. The summed E-state index contributed by atoms with van der Waals surface area (Å²) < 4.78 is 9.84. The van der Waals surface area contributed by atoms with Crippen LogP contribution < -0.4 is 4.74 Å². The van der Waals surface area contributed by atoms with E-state index in [1.807, 2.05) is 0 Å². The second-order valence-electron chi connectivity index (χ2n) is 3.32. The molecule has 1 unspecified atom stereocenters. The maximum Gasteiger partial charge on any atom is 0.308 e. The molecule has 4 nitrogen and oxygen atoms in total. The summed E-state index contributed by atoms with van der Waals surface area (Å²) in [5, 5.41) is 0. The topological polar surface area (TPSA) is 52.6 Å². The van der Waals surface area contributed by atoms with Crippen molar-refractivity contribution in [3.05, 3.63) is 29.8 Å². The van der Waals surface area contributed by atoms with E-state index in [-0.39, 0.29) is 0 Å². The predicted octanol–water partition coefficient (Wildman–Crippen LogP) is 1.85. The number of terminal acetylenes is 1. The van der Waals surface area contributed by atoms with Gasteiger partial charge in [-0.3, -0.25) is 9.59 Å². The first-order chi connectivity index (χ1) is 8.02. The zero-order valence-corrected chi connectivity index (χ0v) is 9.60. The van der Waals surface area contributed by atoms with Crippen molar-refractivity contribution in [1.82, 2.24) is 0 Å². The molecule has 0 aliphatic rings. The molecule has 0 bridgehead atoms. The third-order valence-electron chi connectivity index (χ3n) is 1.86. The first kappa shape index (κ1) is 12.8. The number of hydrogen-bond donors (Lipinski definition) is 0. The van der Waals surface area contributed by atoms with Crippen molar-refractivity contribution in [2.24, 2.45) is 0 Å². The summed E-state index contributed by atoms with van der Waals surface area (Å²) in [5.74, 6) is 1.82. The molecule has 0 saturated carbocycles. The second-order valence-corrected chi connectivity index (χ2v) is 3.32. The van der Waals surface area contributed by atoms with Crippen LogP contribution in [0.25, 0.3) is 0 Å². The largest absolute Gasteiger partial charge is 0.444 e. The molecule has 0 fully saturated rings. The van der Waals surface area contributed by atoms with Crippen LogP contribution in [0.2, 0.25) is 0 Å². The summed E-state index contributed by atoms with van der Waals surface area (Å²) in [6.07, 6.45) is 4.49. The lowest BCUT2D eigenvalue weighted by Gasteiger charge is -2.12. The van der Waals surface area contributed by atoms with Crippen LogP contribution in [0.15, 0.2) is 24.3 Å². The van der Waals surface area contributed by atoms with Gasteiger partial charge >= 0.3 is 11.9 Å². The Morgan fingerprint density at radius 1 is 1.29 bits per heavy atom. The summed E-state index contributed by atoms with van der Waals surface area (Å²) in [6.45, 7) is 2.58. The average Bonchev–Trinajstić information content (AvgIpc) is 2.25. The molecule has 1 atom stereocenters. The minimum Gasteiger partial charge on any atom is -0.444 e. The third-order valence-corrected chi connectivity index (χ3v) is 1.86. The van der Waals surface area contributed by atoms with Gasteiger partial charge in [0, 0.05) is 19.4 Å². The molecule has 0 aromatic heterocycles. The highest BCUT2D eigenvalue weighted by Crippen LogP contribution is 2.21. The Morgan fingerprint density at radius 2 is 2.00 bits per heavy atom. The molecule has 0 spiro atoms. The van der Waals surface area contributed by atoms with Gasteiger partial charge in [-0.25, -0.2) is 0 Å². The van der Waals surface area contributed by atoms with E-state index in [4.69, 9.17) is 15.9 Å². The molecule has 0 aliphatic heterocycles. The lowest BCUT2D eigenvalue weighted by atomic mass is 10.1. The second kappa shape index (κ2) is 5.71. The van der Waals surface area contributed by atoms with E-state index in [0.717, 1.165) is 0 Å². The fourth-order valence-corrected chi connectivity index (χ4v) is 1.27. The van der Waals surface area contributed by atoms with Crippen LogP contribution in [-0.4, -0.2) is 11.9 Å². The highest BCUT2D eigenvalue weighted by atomic mass is 16.5. The molecule has 0 saturated heterocycles. The molecule has 0 aliphatic carbocycles. The number of hydrogen-bond acceptors (Lipinski definition) is 4. The number of ether oxygens (including phenoxy) is 2. The number of rotatable bonds is 3. The fourth-order valence-electron chi connectivity index (χ4n) is 1.27. The maximum atomic E-state index is 10.8. The van der Waals surface area contributed by atoms with Crippen molar-refractivity contribution in [3.63, 3.8) is 0 Å². The van der Waals surface area contributed by atoms with E-state index < -0.39 is 18.0 Å². The van der Waals surface area contributed by atoms with Crippen LogP contribution in [-0.2, 0) is 14.3 Å². The summed E-state index contributed by atoms with van der Waals surface area (Å²) in [6, 6.07) is 6.54. The van der Waals surface area contributed by atoms with Gasteiger partial charge in [-0.2, -0.15) is 0 Å². The van der Waals surface area contributed by atoms with E-state index >= 15 is 0 Å². The Bertz CT molecular complexity index is 471. The zero-order chi connectivity index (χ0) is 12.8. The minimum atomic E-state index is -0.775. The van der Waals surface area contributed by atoms with E-state index in [1.54, 1.807) is 24.3 Å². The van der Waals surface area contributed by atoms with E-state index in [9.17, 15) is 9.59 Å². The van der Waals surface area contributed by atoms with Crippen molar-refractivity contribution < 1.29 is 19.1 Å². The summed E-state index contributed by atoms with van der Waals surface area (Å²) in [4.78, 5) is 21.6. The highest BCUT2D eigenvalue weighted by Gasteiger charge is 2.12. The normalized spacial score (nSPS) is 11.1. The van der Waals surface area contributed by atoms with Gasteiger partial charge in [-0.15, -0.1) is 6.42 Å². The minimum absolute atomic E-state index is 0.363. The quantitative estimate of drug-likeness (QED) is 0.453. The van der Waals surface area contributed by atoms with Gasteiger partial charge in [-0.05, 0) is 12.1 Å². The van der Waals surface area contributed by atoms with Crippen molar-refractivity contribution in [3.8, 4) is 18.1 Å². The Hall–Kier alpha value is -2.28. The molecule has 1 aromatic rings. The van der Waals surface area contributed by atoms with Crippen LogP contribution >= 0.6 is 0 Å². The standard InChI is InChI=1S/C13H12O4/c1-4-13(17-10(3)15)11-6-5-7-12(8-11)16-9(2)14/h1,5-8,13H,2-3H3. The van der Waals surface area contributed by atoms with Gasteiger partial charge in [0.15, 0.2) is 6.10 Å². The maximum absolute atomic E-state index is 10.8. The number of carbonyl (C=O) groups excluding carboxylic acids is 2. The molecule has 1 rings (SSSR count). The molecule has 4 heteroatoms. The van der Waals surface area contributed by atoms with Gasteiger partial charge in [-0.1, -0.05) is 18.1 Å². The van der Waals surface area contributed by atoms with Gasteiger partial charge < -0.3 is 9.47 Å². The monoisotopic (exact) mass is 232 g/mol. The van der Waals surface area contributed by atoms with Crippen LogP contribution in [0.3, 0.4) is 0 Å². The first-order valence-electron chi connectivity index (χ1n) is 4.94. The Balaban J connectivity index is 2.93. The van der Waals surface area contributed by atoms with Crippen molar-refractivity contribution in [2.45, 2.75) is 20.0 Å². The first-order valence-corrected chi connectivity index (χ1v) is 4.94. The van der Waals surface area contributed by atoms with Crippen molar-refractivity contribution >= 4 is 11.9 Å². The van der Waals surface area contributed by atoms with E-state index in [2.05, 4.69) is 5.92 Å². The lowest BCUT2D eigenvalue weighted by molar-refractivity contribution is -0.144. The third kappa shape index (κ3) is 3.99. The fraction of sp³-hybridized carbons (Fsp3) is 0.231. The van der Waals surface area contributed by atoms with E-state index in [0.29, 0.717) is 11.3 Å². The number of esters is 2. The molecule has 1 aromatic carbocycles. The molecular weight excluding hydrogens is 220 g/mol. The van der Waals surface area contributed by atoms with Crippen molar-refractivity contribution in [2.75, 3.05) is 0 Å². The number of carbonyl (C=O) groups is 2. The van der Waals surface area contributed by atoms with Crippen LogP contribution in [0.5, 0.6) is 5.75 Å². The molecule has 17 heavy (non-hydrogen) atoms. The SMILES string of the molecule is C#CC(OC(C)=O)c1cccc(OC(C)=O)c1. The summed E-state index contributed by atoms with van der Waals surface area (Å²) in [7, 11) is 0. The van der Waals surface area contributed by atoms with Crippen LogP contribution in [0.1, 0.15) is 25.5 Å². The van der Waals surface area contributed by atoms with Crippen LogP contribution in [0, 0.1) is 12.3 Å². The highest BCUT2D eigenvalue weighted by molar-refractivity contribution is 5.69. The summed E-state index contributed by atoms with van der Waals surface area (Å²) >= 11 is 0. The summed E-state index contributed by atoms with van der Waals surface area (Å²) in [5.41, 5.74) is 0.585. The van der Waals surface area contributed by atoms with Gasteiger partial charge in [0.2, 0.25) is 0 Å². The molecule has 0 amide bonds. The Kier molecular flexibility index (Phi) is 4.29. The van der Waals surface area contributed by atoms with Gasteiger partial charge in [0.05, 0.1) is 0 Å². The smallest absolute Gasteiger partial charge is 0.308 e. The van der Waals surface area contributed by atoms with Crippen molar-refractivity contribution in [1.29, 1.82) is 0 Å². The zero-order valence-electron chi connectivity index (χ0n) is 9.60.